The van der Waals surface area contributed by atoms with Gasteiger partial charge in [-0.25, -0.2) is 0 Å². The van der Waals surface area contributed by atoms with E-state index in [1.165, 1.54) is 0 Å². The van der Waals surface area contributed by atoms with E-state index in [0.29, 0.717) is 24.8 Å². The Morgan fingerprint density at radius 1 is 0.870 bits per heavy atom. The normalized spacial score (nSPS) is 10.0. The van der Waals surface area contributed by atoms with E-state index in [2.05, 4.69) is 10.6 Å². The molecule has 0 saturated heterocycles. The average molecular weight is 330 g/mol. The van der Waals surface area contributed by atoms with Crippen LogP contribution < -0.4 is 20.1 Å². The number of rotatable bonds is 7. The SMILES string of the molecule is CCOc1ccc(CNC(=S)NCc2ccc(OC)cc2)cc1. The first kappa shape index (κ1) is 17.1. The number of hydrogen-bond acceptors (Lipinski definition) is 3. The second-order valence-electron chi connectivity index (χ2n) is 4.96. The Bertz CT molecular complexity index is 612. The molecule has 0 unspecified atom stereocenters. The molecule has 0 atom stereocenters. The van der Waals surface area contributed by atoms with Crippen LogP contribution in [0, 0.1) is 0 Å². The lowest BCUT2D eigenvalue weighted by molar-refractivity contribution is 0.340. The summed E-state index contributed by atoms with van der Waals surface area (Å²) in [7, 11) is 1.66. The fourth-order valence-electron chi connectivity index (χ4n) is 2.04. The van der Waals surface area contributed by atoms with Crippen LogP contribution in [0.5, 0.6) is 11.5 Å². The van der Waals surface area contributed by atoms with Gasteiger partial charge in [-0.2, -0.15) is 0 Å². The van der Waals surface area contributed by atoms with E-state index in [-0.39, 0.29) is 0 Å². The highest BCUT2D eigenvalue weighted by Gasteiger charge is 1.99. The summed E-state index contributed by atoms with van der Waals surface area (Å²) in [6.07, 6.45) is 0. The second-order valence-corrected chi connectivity index (χ2v) is 5.37. The van der Waals surface area contributed by atoms with E-state index in [4.69, 9.17) is 21.7 Å². The van der Waals surface area contributed by atoms with Gasteiger partial charge < -0.3 is 20.1 Å². The van der Waals surface area contributed by atoms with E-state index >= 15 is 0 Å². The third kappa shape index (κ3) is 5.79. The summed E-state index contributed by atoms with van der Waals surface area (Å²) in [4.78, 5) is 0. The number of methoxy groups -OCH3 is 1. The first-order valence-electron chi connectivity index (χ1n) is 7.57. The maximum absolute atomic E-state index is 5.42. The number of hydrogen-bond donors (Lipinski definition) is 2. The number of thiocarbonyl (C=S) groups is 1. The molecule has 0 aliphatic carbocycles. The molecule has 0 aliphatic rings. The molecule has 2 rings (SSSR count). The lowest BCUT2D eigenvalue weighted by Crippen LogP contribution is -2.34. The molecule has 4 nitrogen and oxygen atoms in total. The summed E-state index contributed by atoms with van der Waals surface area (Å²) in [6, 6.07) is 15.9. The van der Waals surface area contributed by atoms with Crippen molar-refractivity contribution in [2.45, 2.75) is 20.0 Å². The molecule has 2 N–H and O–H groups in total. The molecule has 0 aliphatic heterocycles. The Balaban J connectivity index is 1.73. The van der Waals surface area contributed by atoms with E-state index < -0.39 is 0 Å². The van der Waals surface area contributed by atoms with Crippen LogP contribution in [0.1, 0.15) is 18.1 Å². The van der Waals surface area contributed by atoms with Crippen molar-refractivity contribution in [3.63, 3.8) is 0 Å². The molecule has 0 heterocycles. The minimum absolute atomic E-state index is 0.634. The lowest BCUT2D eigenvalue weighted by Gasteiger charge is -2.11. The zero-order valence-corrected chi connectivity index (χ0v) is 14.3. The van der Waals surface area contributed by atoms with Crippen molar-refractivity contribution in [2.75, 3.05) is 13.7 Å². The quantitative estimate of drug-likeness (QED) is 0.763. The molecule has 0 fully saturated rings. The van der Waals surface area contributed by atoms with E-state index in [0.717, 1.165) is 22.6 Å². The number of ether oxygens (including phenoxy) is 2. The average Bonchev–Trinajstić information content (AvgIpc) is 2.60. The van der Waals surface area contributed by atoms with Crippen LogP contribution in [0.15, 0.2) is 48.5 Å². The Morgan fingerprint density at radius 2 is 1.35 bits per heavy atom. The molecule has 0 amide bonds. The van der Waals surface area contributed by atoms with Crippen LogP contribution in [0.2, 0.25) is 0 Å². The highest BCUT2D eigenvalue weighted by atomic mass is 32.1. The molecule has 5 heteroatoms. The highest BCUT2D eigenvalue weighted by molar-refractivity contribution is 7.80. The van der Waals surface area contributed by atoms with Gasteiger partial charge in [0.1, 0.15) is 11.5 Å². The van der Waals surface area contributed by atoms with Gasteiger partial charge in [0.15, 0.2) is 5.11 Å². The van der Waals surface area contributed by atoms with Gasteiger partial charge in [0.2, 0.25) is 0 Å². The van der Waals surface area contributed by atoms with Gasteiger partial charge in [0.05, 0.1) is 13.7 Å². The van der Waals surface area contributed by atoms with Gasteiger partial charge in [-0.1, -0.05) is 24.3 Å². The maximum atomic E-state index is 5.42. The van der Waals surface area contributed by atoms with Crippen LogP contribution >= 0.6 is 12.2 Å². The van der Waals surface area contributed by atoms with Gasteiger partial charge in [-0.05, 0) is 54.5 Å². The third-order valence-corrected chi connectivity index (χ3v) is 3.59. The molecule has 0 bridgehead atoms. The molecule has 0 radical (unpaired) electrons. The van der Waals surface area contributed by atoms with Gasteiger partial charge in [0, 0.05) is 13.1 Å². The fourth-order valence-corrected chi connectivity index (χ4v) is 2.19. The van der Waals surface area contributed by atoms with Crippen molar-refractivity contribution in [3.05, 3.63) is 59.7 Å². The summed E-state index contributed by atoms with van der Waals surface area (Å²) < 4.78 is 10.6. The Labute approximate surface area is 142 Å². The summed E-state index contributed by atoms with van der Waals surface area (Å²) in [5.74, 6) is 1.74. The maximum Gasteiger partial charge on any atom is 0.166 e. The molecule has 0 saturated carbocycles. The molecule has 2 aromatic rings. The summed E-state index contributed by atoms with van der Waals surface area (Å²) in [5, 5.41) is 7.03. The Kier molecular flexibility index (Phi) is 6.69. The summed E-state index contributed by atoms with van der Waals surface area (Å²) in [5.41, 5.74) is 2.30. The van der Waals surface area contributed by atoms with E-state index in [9.17, 15) is 0 Å². The standard InChI is InChI=1S/C18H22N2O2S/c1-3-22-17-10-6-15(7-11-17)13-20-18(23)19-12-14-4-8-16(21-2)9-5-14/h4-11H,3,12-13H2,1-2H3,(H2,19,20,23). The van der Waals surface area contributed by atoms with Gasteiger partial charge in [-0.3, -0.25) is 0 Å². The second kappa shape index (κ2) is 9.00. The van der Waals surface area contributed by atoms with Crippen LogP contribution in [-0.4, -0.2) is 18.8 Å². The molecule has 0 aromatic heterocycles. The molecule has 23 heavy (non-hydrogen) atoms. The summed E-state index contributed by atoms with van der Waals surface area (Å²) in [6.45, 7) is 4.01. The fraction of sp³-hybridized carbons (Fsp3) is 0.278. The first-order valence-corrected chi connectivity index (χ1v) is 7.98. The Morgan fingerprint density at radius 3 is 1.78 bits per heavy atom. The van der Waals surface area contributed by atoms with Crippen molar-refractivity contribution in [1.82, 2.24) is 10.6 Å². The van der Waals surface area contributed by atoms with Crippen LogP contribution in [0.3, 0.4) is 0 Å². The van der Waals surface area contributed by atoms with Gasteiger partial charge in [0.25, 0.3) is 0 Å². The highest BCUT2D eigenvalue weighted by Crippen LogP contribution is 2.12. The topological polar surface area (TPSA) is 42.5 Å². The predicted octanol–water partition coefficient (Wildman–Crippen LogP) is 3.26. The van der Waals surface area contributed by atoms with Crippen molar-refractivity contribution in [3.8, 4) is 11.5 Å². The minimum atomic E-state index is 0.634. The zero-order chi connectivity index (χ0) is 16.5. The number of benzene rings is 2. The van der Waals surface area contributed by atoms with Crippen molar-refractivity contribution < 1.29 is 9.47 Å². The van der Waals surface area contributed by atoms with Crippen LogP contribution in [0.25, 0.3) is 0 Å². The smallest absolute Gasteiger partial charge is 0.166 e. The number of nitrogens with one attached hydrogen (secondary N) is 2. The van der Waals surface area contributed by atoms with Gasteiger partial charge in [-0.15, -0.1) is 0 Å². The van der Waals surface area contributed by atoms with Crippen molar-refractivity contribution in [1.29, 1.82) is 0 Å². The molecule has 122 valence electrons. The first-order chi connectivity index (χ1) is 11.2. The monoisotopic (exact) mass is 330 g/mol. The molecular weight excluding hydrogens is 308 g/mol. The Hall–Kier alpha value is -2.27. The zero-order valence-electron chi connectivity index (χ0n) is 13.5. The van der Waals surface area contributed by atoms with Crippen molar-refractivity contribution in [2.24, 2.45) is 0 Å². The van der Waals surface area contributed by atoms with E-state index in [1.54, 1.807) is 7.11 Å². The lowest BCUT2D eigenvalue weighted by atomic mass is 10.2. The van der Waals surface area contributed by atoms with Crippen LogP contribution in [0.4, 0.5) is 0 Å². The third-order valence-electron chi connectivity index (χ3n) is 3.30. The molecule has 2 aromatic carbocycles. The van der Waals surface area contributed by atoms with Crippen LogP contribution in [-0.2, 0) is 13.1 Å². The molecule has 0 spiro atoms. The molecular formula is C18H22N2O2S. The predicted molar refractivity (Wildman–Crippen MR) is 96.9 cm³/mol. The van der Waals surface area contributed by atoms with E-state index in [1.807, 2.05) is 55.5 Å². The van der Waals surface area contributed by atoms with Crippen molar-refractivity contribution >= 4 is 17.3 Å². The largest absolute Gasteiger partial charge is 0.497 e. The minimum Gasteiger partial charge on any atom is -0.497 e. The summed E-state index contributed by atoms with van der Waals surface area (Å²) >= 11 is 5.30. The van der Waals surface area contributed by atoms with Gasteiger partial charge >= 0.3 is 0 Å².